The molecule has 3 atom stereocenters. The third-order valence-electron chi connectivity index (χ3n) is 11.2. The van der Waals surface area contributed by atoms with E-state index < -0.39 is 66.8 Å². The molecule has 0 fully saturated rings. The summed E-state index contributed by atoms with van der Waals surface area (Å²) >= 11 is 2.58. The number of rotatable bonds is 15. The molecule has 2 aromatic carbocycles. The molecule has 3 heterocycles. The van der Waals surface area contributed by atoms with Gasteiger partial charge < -0.3 is 29.6 Å². The van der Waals surface area contributed by atoms with E-state index in [-0.39, 0.29) is 36.3 Å². The minimum absolute atomic E-state index is 0.0807. The van der Waals surface area contributed by atoms with Crippen LogP contribution in [0.5, 0.6) is 0 Å². The van der Waals surface area contributed by atoms with Gasteiger partial charge in [0.15, 0.2) is 13.2 Å². The first-order valence-electron chi connectivity index (χ1n) is 20.9. The minimum Gasteiger partial charge on any atom is -0.462 e. The summed E-state index contributed by atoms with van der Waals surface area (Å²) in [5, 5.41) is 6.01. The Morgan fingerprint density at radius 1 is 0.683 bits per heavy atom. The van der Waals surface area contributed by atoms with Crippen LogP contribution in [0.2, 0.25) is 0 Å². The molecule has 7 rings (SSSR count). The summed E-state index contributed by atoms with van der Waals surface area (Å²) < 4.78 is 21.3. The number of fused-ring (bicyclic) bond motifs is 3. The first-order chi connectivity index (χ1) is 30.3. The molecule has 0 spiro atoms. The van der Waals surface area contributed by atoms with Crippen LogP contribution < -0.4 is 10.6 Å². The Hall–Kier alpha value is -6.20. The van der Waals surface area contributed by atoms with Gasteiger partial charge in [-0.05, 0) is 99.1 Å². The first kappa shape index (κ1) is 44.8. The molecule has 15 nitrogen and oxygen atoms in total. The van der Waals surface area contributed by atoms with Crippen molar-refractivity contribution in [3.05, 3.63) is 103 Å². The molecule has 0 unspecified atom stereocenters. The van der Waals surface area contributed by atoms with Gasteiger partial charge in [-0.15, -0.1) is 22.7 Å². The highest BCUT2D eigenvalue weighted by Gasteiger charge is 2.44. The largest absolute Gasteiger partial charge is 0.462 e. The van der Waals surface area contributed by atoms with Crippen molar-refractivity contribution in [2.24, 2.45) is 11.8 Å². The van der Waals surface area contributed by atoms with E-state index in [0.29, 0.717) is 51.4 Å². The van der Waals surface area contributed by atoms with Gasteiger partial charge in [0.1, 0.15) is 16.0 Å². The first-order valence-corrected chi connectivity index (χ1v) is 22.5. The van der Waals surface area contributed by atoms with Gasteiger partial charge in [-0.25, -0.2) is 19.2 Å². The van der Waals surface area contributed by atoms with Crippen LogP contribution in [0.1, 0.15) is 119 Å². The molecule has 1 aliphatic heterocycles. The van der Waals surface area contributed by atoms with Gasteiger partial charge in [0.25, 0.3) is 23.6 Å². The van der Waals surface area contributed by atoms with E-state index in [1.165, 1.54) is 34.8 Å². The zero-order valence-electron chi connectivity index (χ0n) is 35.3. The van der Waals surface area contributed by atoms with Crippen molar-refractivity contribution in [3.63, 3.8) is 0 Å². The normalized spacial score (nSPS) is 16.9. The highest BCUT2D eigenvalue weighted by atomic mass is 32.1. The number of amides is 4. The van der Waals surface area contributed by atoms with Crippen LogP contribution >= 0.6 is 22.7 Å². The van der Waals surface area contributed by atoms with E-state index in [2.05, 4.69) is 24.5 Å². The SMILES string of the molecule is CCOC(=O)c1c(NC(=O)COC(=O)[C@@H](Cc2ccccc2)N2C(=O)c3ccc(C(=O)OCC(=O)Nc4sc5c(c4C(=O)OCC)CC[C@H](C)C5)cc3C2=O)sc2c1CC[C@@H](C)C2. The lowest BCUT2D eigenvalue weighted by atomic mass is 9.88. The lowest BCUT2D eigenvalue weighted by Crippen LogP contribution is -2.47. The van der Waals surface area contributed by atoms with Crippen LogP contribution in [0.15, 0.2) is 48.5 Å². The number of hydrogen-bond donors (Lipinski definition) is 2. The average Bonchev–Trinajstić information content (AvgIpc) is 3.88. The van der Waals surface area contributed by atoms with Gasteiger partial charge in [-0.3, -0.25) is 24.1 Å². The molecule has 63 heavy (non-hydrogen) atoms. The molecule has 0 saturated heterocycles. The zero-order chi connectivity index (χ0) is 44.9. The number of nitrogens with zero attached hydrogens (tertiary/aromatic N) is 1. The second kappa shape index (κ2) is 19.5. The van der Waals surface area contributed by atoms with E-state index in [9.17, 15) is 38.4 Å². The summed E-state index contributed by atoms with van der Waals surface area (Å²) in [6.45, 7) is 6.43. The van der Waals surface area contributed by atoms with Crippen molar-refractivity contribution in [1.82, 2.24) is 4.90 Å². The topological polar surface area (TPSA) is 201 Å². The Balaban J connectivity index is 1.03. The molecule has 17 heteroatoms. The maximum absolute atomic E-state index is 14.0. The van der Waals surface area contributed by atoms with Crippen LogP contribution in [0.4, 0.5) is 10.0 Å². The summed E-state index contributed by atoms with van der Waals surface area (Å²) in [5.74, 6) is -5.41. The number of ether oxygens (including phenoxy) is 4. The van der Waals surface area contributed by atoms with Gasteiger partial charge in [0.05, 0.1) is 41.0 Å². The summed E-state index contributed by atoms with van der Waals surface area (Å²) in [5.41, 5.74) is 2.49. The molecule has 4 aromatic rings. The average molecular weight is 898 g/mol. The summed E-state index contributed by atoms with van der Waals surface area (Å²) in [4.78, 5) is 110. The Bertz CT molecular complexity index is 2490. The number of benzene rings is 2. The molecule has 2 aromatic heterocycles. The Morgan fingerprint density at radius 3 is 1.75 bits per heavy atom. The molecule has 2 aliphatic carbocycles. The molecule has 2 N–H and O–H groups in total. The van der Waals surface area contributed by atoms with Gasteiger partial charge in [-0.2, -0.15) is 0 Å². The second-order valence-corrected chi connectivity index (χ2v) is 18.0. The van der Waals surface area contributed by atoms with E-state index in [1.807, 2.05) is 0 Å². The zero-order valence-corrected chi connectivity index (χ0v) is 36.9. The lowest BCUT2D eigenvalue weighted by molar-refractivity contribution is -0.151. The molecular weight excluding hydrogens is 851 g/mol. The molecule has 330 valence electrons. The lowest BCUT2D eigenvalue weighted by Gasteiger charge is -2.24. The van der Waals surface area contributed by atoms with Gasteiger partial charge in [-0.1, -0.05) is 44.2 Å². The number of esters is 4. The van der Waals surface area contributed by atoms with E-state index in [0.717, 1.165) is 57.5 Å². The van der Waals surface area contributed by atoms with Crippen LogP contribution in [0, 0.1) is 11.8 Å². The highest BCUT2D eigenvalue weighted by molar-refractivity contribution is 7.17. The van der Waals surface area contributed by atoms with E-state index in [4.69, 9.17) is 18.9 Å². The summed E-state index contributed by atoms with van der Waals surface area (Å²) in [6.07, 6.45) is 4.46. The maximum Gasteiger partial charge on any atom is 0.341 e. The fraction of sp³-hybridized carbons (Fsp3) is 0.391. The minimum atomic E-state index is -1.51. The summed E-state index contributed by atoms with van der Waals surface area (Å²) in [6, 6.07) is 10.8. The predicted molar refractivity (Wildman–Crippen MR) is 232 cm³/mol. The quantitative estimate of drug-likeness (QED) is 0.0738. The van der Waals surface area contributed by atoms with Crippen molar-refractivity contribution in [1.29, 1.82) is 0 Å². The Labute approximate surface area is 371 Å². The third-order valence-corrected chi connectivity index (χ3v) is 13.5. The number of thiophene rings is 2. The third kappa shape index (κ3) is 9.74. The number of nitrogens with one attached hydrogen (secondary N) is 2. The van der Waals surface area contributed by atoms with Crippen molar-refractivity contribution < 1.29 is 57.3 Å². The van der Waals surface area contributed by atoms with Crippen molar-refractivity contribution in [2.45, 2.75) is 78.7 Å². The van der Waals surface area contributed by atoms with E-state index in [1.54, 1.807) is 44.2 Å². The van der Waals surface area contributed by atoms with Crippen LogP contribution in [0.3, 0.4) is 0 Å². The molecule has 4 amide bonds. The number of imide groups is 1. The molecule has 0 bridgehead atoms. The van der Waals surface area contributed by atoms with Gasteiger partial charge in [0.2, 0.25) is 0 Å². The Morgan fingerprint density at radius 2 is 1.21 bits per heavy atom. The predicted octanol–water partition coefficient (Wildman–Crippen LogP) is 6.60. The smallest absolute Gasteiger partial charge is 0.341 e. The molecular formula is C46H47N3O12S2. The van der Waals surface area contributed by atoms with Gasteiger partial charge >= 0.3 is 23.9 Å². The number of carbonyl (C=O) groups is 8. The van der Waals surface area contributed by atoms with Crippen molar-refractivity contribution in [3.8, 4) is 0 Å². The highest BCUT2D eigenvalue weighted by Crippen LogP contribution is 2.41. The number of hydrogen-bond acceptors (Lipinski definition) is 14. The van der Waals surface area contributed by atoms with Crippen LogP contribution in [-0.2, 0) is 65.4 Å². The number of anilines is 2. The Kier molecular flexibility index (Phi) is 13.9. The van der Waals surface area contributed by atoms with Crippen molar-refractivity contribution in [2.75, 3.05) is 37.1 Å². The fourth-order valence-electron chi connectivity index (χ4n) is 8.08. The molecule has 0 radical (unpaired) electrons. The molecule has 3 aliphatic rings. The van der Waals surface area contributed by atoms with Crippen LogP contribution in [-0.4, -0.2) is 84.9 Å². The van der Waals surface area contributed by atoms with Crippen molar-refractivity contribution >= 4 is 80.2 Å². The second-order valence-electron chi connectivity index (χ2n) is 15.8. The maximum atomic E-state index is 14.0. The fourth-order valence-corrected chi connectivity index (χ4v) is 10.9. The van der Waals surface area contributed by atoms with Gasteiger partial charge in [0, 0.05) is 16.2 Å². The monoisotopic (exact) mass is 897 g/mol. The van der Waals surface area contributed by atoms with E-state index >= 15 is 0 Å². The summed E-state index contributed by atoms with van der Waals surface area (Å²) in [7, 11) is 0. The molecule has 0 saturated carbocycles. The standard InChI is InChI=1S/C46H47N3O12S2/c1-5-58-45(56)37-29-15-12-24(3)18-33(29)62-39(37)47-35(50)22-60-43(54)27-14-17-28-31(21-27)42(53)49(41(28)52)32(20-26-10-8-7-9-11-26)44(55)61-23-36(51)48-40-38(46(57)59-6-2)30-16-13-25(4)19-34(30)63-40/h7-11,14,17,21,24-25,32H,5-6,12-13,15-16,18-20,22-23H2,1-4H3,(H,47,50)(H,48,51)/t24-,25+,32+/m0/s1. The van der Waals surface area contributed by atoms with Crippen LogP contribution in [0.25, 0.3) is 0 Å². The number of carbonyl (C=O) groups excluding carboxylic acids is 8.